The smallest absolute Gasteiger partial charge is 0.140 e. The zero-order valence-corrected chi connectivity index (χ0v) is 57.9. The summed E-state index contributed by atoms with van der Waals surface area (Å²) in [6, 6.07) is 148. The van der Waals surface area contributed by atoms with Crippen LogP contribution in [0.1, 0.15) is 44.5 Å². The highest BCUT2D eigenvalue weighted by Gasteiger charge is 2.49. The van der Waals surface area contributed by atoms with E-state index in [9.17, 15) is 0 Å². The van der Waals surface area contributed by atoms with Crippen LogP contribution in [0.25, 0.3) is 89.8 Å². The van der Waals surface area contributed by atoms with Crippen molar-refractivity contribution in [1.82, 2.24) is 19.9 Å². The standard InChI is InChI=1S/C100H68N6/c1-9-33-71(34-10-1)87-63-77(64-88(101-87)72-35-11-2-12-36-72)91-61-75(62-92(103-91)78-65-89(73-37-13-3-14-38-73)102-90(66-78)74-39-15-4-16-40-74)69-57-59-70(60-58-69)76-67-97(105-93-53-29-25-49-83(93)99(79-41-17-5-18-42-79,80-43-19-6-20-44-80)84-50-26-30-54-94(84)105)104-98(68-76)106-95-55-31-27-51-85(95)100(81-45-21-7-22-46-81,82-47-23-8-24-48-82)86-52-28-32-56-96(86)106/h1-68H. The highest BCUT2D eigenvalue weighted by molar-refractivity contribution is 5.94. The third-order valence-electron chi connectivity index (χ3n) is 21.2. The van der Waals surface area contributed by atoms with E-state index in [0.717, 1.165) is 146 Å². The second-order valence-corrected chi connectivity index (χ2v) is 27.2. The third kappa shape index (κ3) is 10.9. The molecule has 2 aliphatic heterocycles. The number of rotatable bonds is 14. The van der Waals surface area contributed by atoms with Crippen LogP contribution in [0.5, 0.6) is 0 Å². The van der Waals surface area contributed by atoms with E-state index in [4.69, 9.17) is 19.9 Å². The van der Waals surface area contributed by atoms with Gasteiger partial charge in [0.25, 0.3) is 0 Å². The first-order valence-electron chi connectivity index (χ1n) is 36.2. The molecule has 17 aromatic rings. The molecule has 106 heavy (non-hydrogen) atoms. The average molecular weight is 1350 g/mol. The zero-order chi connectivity index (χ0) is 70.4. The van der Waals surface area contributed by atoms with Crippen LogP contribution in [0.15, 0.2) is 413 Å². The molecule has 0 amide bonds. The van der Waals surface area contributed by atoms with E-state index in [1.54, 1.807) is 0 Å². The molecule has 0 radical (unpaired) electrons. The predicted octanol–water partition coefficient (Wildman–Crippen LogP) is 24.9. The van der Waals surface area contributed by atoms with Gasteiger partial charge in [-0.05, 0) is 140 Å². The van der Waals surface area contributed by atoms with Crippen LogP contribution >= 0.6 is 0 Å². The van der Waals surface area contributed by atoms with E-state index >= 15 is 0 Å². The Balaban J connectivity index is 0.829. The van der Waals surface area contributed by atoms with Gasteiger partial charge in [0.1, 0.15) is 11.6 Å². The van der Waals surface area contributed by atoms with Crippen molar-refractivity contribution in [2.45, 2.75) is 10.8 Å². The summed E-state index contributed by atoms with van der Waals surface area (Å²) >= 11 is 0. The van der Waals surface area contributed by atoms with E-state index in [0.29, 0.717) is 0 Å². The second kappa shape index (κ2) is 26.8. The summed E-state index contributed by atoms with van der Waals surface area (Å²) in [5.41, 5.74) is 27.2. The van der Waals surface area contributed by atoms with Crippen molar-refractivity contribution in [3.63, 3.8) is 0 Å². The van der Waals surface area contributed by atoms with Gasteiger partial charge in [-0.1, -0.05) is 340 Å². The van der Waals surface area contributed by atoms with Crippen LogP contribution in [0.2, 0.25) is 0 Å². The summed E-state index contributed by atoms with van der Waals surface area (Å²) in [7, 11) is 0. The third-order valence-corrected chi connectivity index (χ3v) is 21.2. The van der Waals surface area contributed by atoms with Crippen LogP contribution in [-0.4, -0.2) is 19.9 Å². The Morgan fingerprint density at radius 3 is 0.632 bits per heavy atom. The predicted molar refractivity (Wildman–Crippen MR) is 434 cm³/mol. The highest BCUT2D eigenvalue weighted by Crippen LogP contribution is 2.60. The molecule has 19 rings (SSSR count). The number of benzene rings is 13. The Labute approximate surface area is 617 Å². The van der Waals surface area contributed by atoms with Gasteiger partial charge in [-0.15, -0.1) is 0 Å². The zero-order valence-electron chi connectivity index (χ0n) is 57.9. The first-order chi connectivity index (χ1) is 52.5. The van der Waals surface area contributed by atoms with Crippen molar-refractivity contribution in [3.05, 3.63) is 457 Å². The quantitative estimate of drug-likeness (QED) is 0.108. The van der Waals surface area contributed by atoms with Gasteiger partial charge >= 0.3 is 0 Å². The minimum atomic E-state index is -0.685. The first-order valence-corrected chi connectivity index (χ1v) is 36.2. The van der Waals surface area contributed by atoms with E-state index in [2.05, 4.69) is 398 Å². The normalized spacial score (nSPS) is 13.0. The number of pyridine rings is 4. The minimum Gasteiger partial charge on any atom is -0.294 e. The summed E-state index contributed by atoms with van der Waals surface area (Å²) in [4.78, 5) is 27.2. The van der Waals surface area contributed by atoms with Gasteiger partial charge in [-0.2, -0.15) is 0 Å². The minimum absolute atomic E-state index is 0.685. The summed E-state index contributed by atoms with van der Waals surface area (Å²) in [6.07, 6.45) is 0. The fraction of sp³-hybridized carbons (Fsp3) is 0.0200. The molecule has 0 fully saturated rings. The lowest BCUT2D eigenvalue weighted by Crippen LogP contribution is -2.38. The van der Waals surface area contributed by atoms with Crippen LogP contribution in [0.3, 0.4) is 0 Å². The lowest BCUT2D eigenvalue weighted by Gasteiger charge is -2.47. The van der Waals surface area contributed by atoms with Gasteiger partial charge in [-0.3, -0.25) is 9.80 Å². The van der Waals surface area contributed by atoms with Crippen molar-refractivity contribution in [2.75, 3.05) is 9.80 Å². The Kier molecular flexibility index (Phi) is 15.9. The van der Waals surface area contributed by atoms with Crippen LogP contribution in [0.4, 0.5) is 34.4 Å². The molecule has 6 nitrogen and oxygen atoms in total. The van der Waals surface area contributed by atoms with Crippen molar-refractivity contribution >= 4 is 34.4 Å². The van der Waals surface area contributed by atoms with E-state index in [1.807, 2.05) is 24.3 Å². The number of hydrogen-bond acceptors (Lipinski definition) is 6. The number of nitrogens with zero attached hydrogens (tertiary/aromatic N) is 6. The highest BCUT2D eigenvalue weighted by atomic mass is 15.3. The molecule has 6 heterocycles. The van der Waals surface area contributed by atoms with Crippen molar-refractivity contribution in [1.29, 1.82) is 0 Å². The van der Waals surface area contributed by atoms with Gasteiger partial charge in [0.2, 0.25) is 0 Å². The topological polar surface area (TPSA) is 58.0 Å². The second-order valence-electron chi connectivity index (χ2n) is 27.2. The molecule has 0 aliphatic carbocycles. The van der Waals surface area contributed by atoms with Gasteiger partial charge in [0, 0.05) is 33.4 Å². The Morgan fingerprint density at radius 2 is 0.368 bits per heavy atom. The first kappa shape index (κ1) is 63.0. The van der Waals surface area contributed by atoms with E-state index in [1.165, 1.54) is 22.3 Å². The monoisotopic (exact) mass is 1350 g/mol. The van der Waals surface area contributed by atoms with Gasteiger partial charge in [0.05, 0.1) is 67.7 Å². The fourth-order valence-corrected chi connectivity index (χ4v) is 16.4. The molecule has 13 aromatic carbocycles. The molecule has 0 atom stereocenters. The number of hydrogen-bond donors (Lipinski definition) is 0. The van der Waals surface area contributed by atoms with E-state index in [-0.39, 0.29) is 0 Å². The van der Waals surface area contributed by atoms with Crippen LogP contribution in [0, 0.1) is 0 Å². The maximum Gasteiger partial charge on any atom is 0.140 e. The van der Waals surface area contributed by atoms with Crippen LogP contribution < -0.4 is 9.80 Å². The summed E-state index contributed by atoms with van der Waals surface area (Å²) in [6.45, 7) is 0. The number of anilines is 6. The Hall–Kier alpha value is -13.9. The van der Waals surface area contributed by atoms with Gasteiger partial charge in [-0.25, -0.2) is 19.9 Å². The molecule has 0 saturated heterocycles. The maximum atomic E-state index is 6.07. The number of aromatic nitrogens is 4. The Bertz CT molecular complexity index is 5420. The molecule has 0 unspecified atom stereocenters. The number of fused-ring (bicyclic) bond motifs is 4. The van der Waals surface area contributed by atoms with Gasteiger partial charge < -0.3 is 0 Å². The maximum absolute atomic E-state index is 6.07. The lowest BCUT2D eigenvalue weighted by atomic mass is 9.62. The number of para-hydroxylation sites is 4. The molecular weight excluding hydrogens is 1290 g/mol. The lowest BCUT2D eigenvalue weighted by molar-refractivity contribution is 0.728. The van der Waals surface area contributed by atoms with E-state index < -0.39 is 10.8 Å². The Morgan fingerprint density at radius 1 is 0.160 bits per heavy atom. The van der Waals surface area contributed by atoms with Crippen molar-refractivity contribution in [3.8, 4) is 89.8 Å². The molecule has 498 valence electrons. The summed E-state index contributed by atoms with van der Waals surface area (Å²) < 4.78 is 0. The van der Waals surface area contributed by atoms with Gasteiger partial charge in [0.15, 0.2) is 0 Å². The van der Waals surface area contributed by atoms with Crippen molar-refractivity contribution < 1.29 is 0 Å². The molecule has 0 N–H and O–H groups in total. The molecule has 0 spiro atoms. The summed E-state index contributed by atoms with van der Waals surface area (Å²) in [5, 5.41) is 0. The SMILES string of the molecule is c1ccc(-c2cc(-c3cc(-c4ccc(-c5cc(N6c7ccccc7C(c7ccccc7)(c7ccccc7)c7ccccc76)nc(N6c7ccccc7C(c7ccccc7)(c7ccccc7)c7ccccc76)c5)cc4)cc(-c4cc(-c5ccccc5)nc(-c5ccccc5)c4)n3)cc(-c3ccccc3)n2)cc1. The largest absolute Gasteiger partial charge is 0.294 e. The molecule has 6 heteroatoms. The molecular formula is C100H68N6. The van der Waals surface area contributed by atoms with Crippen molar-refractivity contribution in [2.24, 2.45) is 0 Å². The van der Waals surface area contributed by atoms with Crippen LogP contribution in [-0.2, 0) is 10.8 Å². The molecule has 2 aliphatic rings. The molecule has 4 aromatic heterocycles. The molecule has 0 bridgehead atoms. The average Bonchev–Trinajstić information content (AvgIpc) is 0.700. The summed E-state index contributed by atoms with van der Waals surface area (Å²) in [5.74, 6) is 1.55. The fourth-order valence-electron chi connectivity index (χ4n) is 16.4. The molecule has 0 saturated carbocycles.